The van der Waals surface area contributed by atoms with E-state index in [4.69, 9.17) is 47.4 Å². The molecule has 224 valence electrons. The monoisotopic (exact) mass is 617 g/mol. The lowest BCUT2D eigenvalue weighted by molar-refractivity contribution is 0.0357. The highest BCUT2D eigenvalue weighted by Gasteiger charge is 2.14. The standard InChI is InChI=1S/C24H28FN3O4.C7H6Cl2O/c1-30-23-15-20-17(13-18-3-4-19(27-29)14-21(18)25)5-6-26-22(20)16-24(23)32-10-2-7-28-8-11-31-12-9-28;1-10-7-5(8)3-2-4-6(7)9/h3-6,14-16,27,29H,2,7-13H2,1H3;2-4H,1H3. The zero-order valence-electron chi connectivity index (χ0n) is 23.5. The summed E-state index contributed by atoms with van der Waals surface area (Å²) in [6.07, 6.45) is 3.01. The van der Waals surface area contributed by atoms with Gasteiger partial charge in [-0.2, -0.15) is 0 Å². The molecule has 2 heterocycles. The van der Waals surface area contributed by atoms with Gasteiger partial charge >= 0.3 is 0 Å². The van der Waals surface area contributed by atoms with E-state index in [1.54, 1.807) is 43.6 Å². The molecule has 4 aromatic rings. The van der Waals surface area contributed by atoms with Gasteiger partial charge in [-0.3, -0.25) is 20.6 Å². The zero-order chi connectivity index (χ0) is 29.9. The minimum absolute atomic E-state index is 0.308. The Bertz CT molecular complexity index is 1450. The predicted molar refractivity (Wildman–Crippen MR) is 163 cm³/mol. The molecule has 5 rings (SSSR count). The molecular weight excluding hydrogens is 584 g/mol. The van der Waals surface area contributed by atoms with Crippen LogP contribution in [0.3, 0.4) is 0 Å². The number of halogens is 3. The highest BCUT2D eigenvalue weighted by Crippen LogP contribution is 2.34. The van der Waals surface area contributed by atoms with Gasteiger partial charge in [0.25, 0.3) is 0 Å². The molecule has 11 heteroatoms. The SMILES string of the molecule is COc1c(Cl)cccc1Cl.COc1cc2c(Cc3ccc(NO)cc3F)ccnc2cc1OCCCN1CCOCC1. The van der Waals surface area contributed by atoms with E-state index < -0.39 is 0 Å². The van der Waals surface area contributed by atoms with Crippen molar-refractivity contribution in [2.45, 2.75) is 12.8 Å². The third kappa shape index (κ3) is 8.36. The van der Waals surface area contributed by atoms with Crippen LogP contribution in [0.5, 0.6) is 17.2 Å². The molecule has 1 fully saturated rings. The first kappa shape index (κ1) is 31.6. The molecular formula is C31H34Cl2FN3O5. The van der Waals surface area contributed by atoms with Crippen LogP contribution in [0.15, 0.2) is 60.8 Å². The largest absolute Gasteiger partial charge is 0.494 e. The third-order valence-corrected chi connectivity index (χ3v) is 7.38. The first-order valence-electron chi connectivity index (χ1n) is 13.5. The zero-order valence-corrected chi connectivity index (χ0v) is 25.1. The Morgan fingerprint density at radius 2 is 1.74 bits per heavy atom. The van der Waals surface area contributed by atoms with Crippen LogP contribution in [0, 0.1) is 5.82 Å². The summed E-state index contributed by atoms with van der Waals surface area (Å²) in [4.78, 5) is 6.85. The molecule has 1 aliphatic rings. The second-order valence-electron chi connectivity index (χ2n) is 9.50. The Morgan fingerprint density at radius 1 is 0.976 bits per heavy atom. The first-order chi connectivity index (χ1) is 20.4. The fourth-order valence-electron chi connectivity index (χ4n) is 4.58. The number of fused-ring (bicyclic) bond motifs is 1. The number of morpholine rings is 1. The van der Waals surface area contributed by atoms with Crippen LogP contribution in [-0.4, -0.2) is 68.8 Å². The maximum Gasteiger partial charge on any atom is 0.163 e. The highest BCUT2D eigenvalue weighted by molar-refractivity contribution is 6.37. The van der Waals surface area contributed by atoms with Gasteiger partial charge < -0.3 is 18.9 Å². The molecule has 0 spiro atoms. The molecule has 0 radical (unpaired) electrons. The number of nitrogens with one attached hydrogen (secondary N) is 1. The van der Waals surface area contributed by atoms with E-state index in [2.05, 4.69) is 9.88 Å². The van der Waals surface area contributed by atoms with E-state index in [1.807, 2.05) is 23.7 Å². The summed E-state index contributed by atoms with van der Waals surface area (Å²) in [5, 5.41) is 10.9. The number of aromatic nitrogens is 1. The van der Waals surface area contributed by atoms with Gasteiger partial charge in [0.15, 0.2) is 17.2 Å². The summed E-state index contributed by atoms with van der Waals surface area (Å²) in [5.74, 6) is 1.42. The summed E-state index contributed by atoms with van der Waals surface area (Å²) in [5.41, 5.74) is 4.49. The van der Waals surface area contributed by atoms with Crippen molar-refractivity contribution >= 4 is 39.8 Å². The van der Waals surface area contributed by atoms with Crippen molar-refractivity contribution in [1.29, 1.82) is 0 Å². The lowest BCUT2D eigenvalue weighted by atomic mass is 10.00. The molecule has 0 atom stereocenters. The average molecular weight is 619 g/mol. The highest BCUT2D eigenvalue weighted by atomic mass is 35.5. The number of hydrogen-bond donors (Lipinski definition) is 2. The fourth-order valence-corrected chi connectivity index (χ4v) is 5.13. The van der Waals surface area contributed by atoms with Crippen LogP contribution < -0.4 is 19.7 Å². The summed E-state index contributed by atoms with van der Waals surface area (Å²) in [6.45, 7) is 5.06. The molecule has 0 unspecified atom stereocenters. The van der Waals surface area contributed by atoms with Crippen molar-refractivity contribution in [2.24, 2.45) is 0 Å². The summed E-state index contributed by atoms with van der Waals surface area (Å²) in [6, 6.07) is 15.4. The molecule has 2 N–H and O–H groups in total. The molecule has 3 aromatic carbocycles. The van der Waals surface area contributed by atoms with Crippen molar-refractivity contribution in [1.82, 2.24) is 9.88 Å². The van der Waals surface area contributed by atoms with E-state index in [1.165, 1.54) is 13.2 Å². The quantitative estimate of drug-likeness (QED) is 0.147. The van der Waals surface area contributed by atoms with E-state index >= 15 is 0 Å². The summed E-state index contributed by atoms with van der Waals surface area (Å²) in [7, 11) is 3.14. The Balaban J connectivity index is 0.000000343. The van der Waals surface area contributed by atoms with Gasteiger partial charge in [0, 0.05) is 43.7 Å². The molecule has 1 saturated heterocycles. The number of ether oxygens (including phenoxy) is 4. The van der Waals surface area contributed by atoms with Crippen LogP contribution >= 0.6 is 23.2 Å². The van der Waals surface area contributed by atoms with Crippen LogP contribution in [0.1, 0.15) is 17.5 Å². The van der Waals surface area contributed by atoms with Gasteiger partial charge in [0.1, 0.15) is 5.82 Å². The van der Waals surface area contributed by atoms with Crippen molar-refractivity contribution in [3.8, 4) is 17.2 Å². The third-order valence-electron chi connectivity index (χ3n) is 6.78. The smallest absolute Gasteiger partial charge is 0.163 e. The van der Waals surface area contributed by atoms with E-state index in [9.17, 15) is 4.39 Å². The van der Waals surface area contributed by atoms with Crippen LogP contribution in [0.25, 0.3) is 10.9 Å². The van der Waals surface area contributed by atoms with Crippen molar-refractivity contribution in [3.05, 3.63) is 87.8 Å². The molecule has 0 bridgehead atoms. The molecule has 0 saturated carbocycles. The van der Waals surface area contributed by atoms with Crippen LogP contribution in [0.4, 0.5) is 10.1 Å². The Labute approximate surface area is 254 Å². The number of methoxy groups -OCH3 is 2. The maximum atomic E-state index is 14.4. The molecule has 0 aliphatic carbocycles. The van der Waals surface area contributed by atoms with Gasteiger partial charge in [-0.1, -0.05) is 35.3 Å². The number of rotatable bonds is 10. The molecule has 1 aromatic heterocycles. The van der Waals surface area contributed by atoms with Crippen LogP contribution in [0.2, 0.25) is 10.0 Å². The predicted octanol–water partition coefficient (Wildman–Crippen LogP) is 6.88. The van der Waals surface area contributed by atoms with Gasteiger partial charge in [0.05, 0.1) is 55.3 Å². The second kappa shape index (κ2) is 15.8. The van der Waals surface area contributed by atoms with Gasteiger partial charge in [-0.25, -0.2) is 4.39 Å². The molecule has 0 amide bonds. The minimum atomic E-state index is -0.388. The van der Waals surface area contributed by atoms with E-state index in [0.717, 1.165) is 55.7 Å². The Morgan fingerprint density at radius 3 is 2.38 bits per heavy atom. The lowest BCUT2D eigenvalue weighted by Crippen LogP contribution is -2.37. The Kier molecular flexibility index (Phi) is 11.9. The van der Waals surface area contributed by atoms with Gasteiger partial charge in [-0.05, 0) is 53.9 Å². The number of hydrogen-bond acceptors (Lipinski definition) is 8. The normalized spacial score (nSPS) is 13.3. The Hall–Kier alpha value is -3.34. The minimum Gasteiger partial charge on any atom is -0.494 e. The van der Waals surface area contributed by atoms with Crippen LogP contribution in [-0.2, 0) is 11.2 Å². The molecule has 1 aliphatic heterocycles. The second-order valence-corrected chi connectivity index (χ2v) is 10.3. The number of nitrogens with zero attached hydrogens (tertiary/aromatic N) is 2. The number of para-hydroxylation sites is 1. The number of pyridine rings is 1. The van der Waals surface area contributed by atoms with Gasteiger partial charge in [0.2, 0.25) is 0 Å². The average Bonchev–Trinajstić information content (AvgIpc) is 3.01. The number of anilines is 1. The lowest BCUT2D eigenvalue weighted by Gasteiger charge is -2.26. The van der Waals surface area contributed by atoms with E-state index in [-0.39, 0.29) is 5.82 Å². The summed E-state index contributed by atoms with van der Waals surface area (Å²) < 4.78 is 36.3. The van der Waals surface area contributed by atoms with Gasteiger partial charge in [-0.15, -0.1) is 0 Å². The fraction of sp³-hybridized carbons (Fsp3) is 0.323. The van der Waals surface area contributed by atoms with Crippen molar-refractivity contribution in [3.63, 3.8) is 0 Å². The molecule has 42 heavy (non-hydrogen) atoms. The topological polar surface area (TPSA) is 85.3 Å². The van der Waals surface area contributed by atoms with E-state index in [0.29, 0.717) is 51.6 Å². The van der Waals surface area contributed by atoms with Crippen molar-refractivity contribution in [2.75, 3.05) is 59.2 Å². The summed E-state index contributed by atoms with van der Waals surface area (Å²) >= 11 is 11.4. The maximum absolute atomic E-state index is 14.4. The first-order valence-corrected chi connectivity index (χ1v) is 14.2. The van der Waals surface area contributed by atoms with Crippen molar-refractivity contribution < 1.29 is 28.5 Å². The molecule has 8 nitrogen and oxygen atoms in total. The number of benzene rings is 3.